The molecule has 2 aliphatic rings. The Morgan fingerprint density at radius 3 is 2.35 bits per heavy atom. The molecule has 7 nitrogen and oxygen atoms in total. The lowest BCUT2D eigenvalue weighted by Crippen LogP contribution is -2.40. The van der Waals surface area contributed by atoms with Gasteiger partial charge in [-0.25, -0.2) is 4.79 Å². The van der Waals surface area contributed by atoms with Crippen molar-refractivity contribution in [2.45, 2.75) is 63.8 Å². The lowest BCUT2D eigenvalue weighted by molar-refractivity contribution is -0.117. The molecule has 1 aliphatic heterocycles. The number of benzene rings is 1. The minimum absolute atomic E-state index is 0.0432. The van der Waals surface area contributed by atoms with Crippen LogP contribution in [-0.4, -0.2) is 39.7 Å². The monoisotopic (exact) mass is 425 g/mol. The van der Waals surface area contributed by atoms with Crippen molar-refractivity contribution in [3.63, 3.8) is 0 Å². The summed E-state index contributed by atoms with van der Waals surface area (Å²) in [6.45, 7) is 0.767. The molecule has 0 radical (unpaired) electrons. The topological polar surface area (TPSA) is 91.6 Å². The van der Waals surface area contributed by atoms with Crippen molar-refractivity contribution in [1.82, 2.24) is 9.47 Å². The van der Waals surface area contributed by atoms with Crippen LogP contribution in [-0.2, 0) is 4.79 Å². The van der Waals surface area contributed by atoms with Crippen molar-refractivity contribution in [1.29, 1.82) is 0 Å². The summed E-state index contributed by atoms with van der Waals surface area (Å²) >= 11 is 0. The number of fused-ring (bicyclic) bond motifs is 1. The maximum absolute atomic E-state index is 13.4. The third-order valence-corrected chi connectivity index (χ3v) is 6.78. The van der Waals surface area contributed by atoms with Crippen molar-refractivity contribution >= 4 is 28.6 Å². The van der Waals surface area contributed by atoms with Crippen LogP contribution in [0.4, 0.5) is 10.6 Å². The van der Waals surface area contributed by atoms with Gasteiger partial charge in [-0.2, -0.15) is 0 Å². The van der Waals surface area contributed by atoms with E-state index in [1.54, 1.807) is 10.6 Å². The lowest BCUT2D eigenvalue weighted by atomic mass is 9.96. The molecule has 1 aliphatic carbocycles. The first-order valence-electron chi connectivity index (χ1n) is 11.4. The van der Waals surface area contributed by atoms with Crippen molar-refractivity contribution in [2.75, 3.05) is 18.4 Å². The van der Waals surface area contributed by atoms with Crippen LogP contribution < -0.4 is 10.9 Å². The minimum Gasteiger partial charge on any atom is -0.465 e. The second-order valence-electron chi connectivity index (χ2n) is 8.90. The van der Waals surface area contributed by atoms with Crippen LogP contribution in [0.5, 0.6) is 0 Å². The second-order valence-corrected chi connectivity index (χ2v) is 8.90. The van der Waals surface area contributed by atoms with Crippen molar-refractivity contribution in [3.8, 4) is 0 Å². The maximum atomic E-state index is 13.4. The van der Waals surface area contributed by atoms with Gasteiger partial charge in [0.05, 0.1) is 0 Å². The zero-order valence-electron chi connectivity index (χ0n) is 17.9. The smallest absolute Gasteiger partial charge is 0.407 e. The summed E-state index contributed by atoms with van der Waals surface area (Å²) in [6, 6.07) is 9.15. The number of nitrogens with one attached hydrogen (secondary N) is 1. The molecule has 0 unspecified atom stereocenters. The van der Waals surface area contributed by atoms with E-state index in [1.807, 2.05) is 24.3 Å². The Labute approximate surface area is 182 Å². The van der Waals surface area contributed by atoms with E-state index >= 15 is 0 Å². The van der Waals surface area contributed by atoms with Crippen LogP contribution in [0.1, 0.15) is 63.8 Å². The van der Waals surface area contributed by atoms with Crippen LogP contribution in [0.25, 0.3) is 10.8 Å². The Bertz CT molecular complexity index is 1000. The molecule has 1 aromatic heterocycles. The van der Waals surface area contributed by atoms with Gasteiger partial charge in [-0.05, 0) is 49.1 Å². The highest BCUT2D eigenvalue weighted by Crippen LogP contribution is 2.29. The highest BCUT2D eigenvalue weighted by atomic mass is 16.4. The summed E-state index contributed by atoms with van der Waals surface area (Å²) in [5.74, 6) is 0.885. The second kappa shape index (κ2) is 9.54. The van der Waals surface area contributed by atoms with E-state index in [0.29, 0.717) is 49.5 Å². The van der Waals surface area contributed by atoms with Gasteiger partial charge in [0.2, 0.25) is 5.91 Å². The minimum atomic E-state index is -0.929. The molecule has 0 bridgehead atoms. The average Bonchev–Trinajstić information content (AvgIpc) is 3.03. The van der Waals surface area contributed by atoms with Crippen LogP contribution in [0.2, 0.25) is 0 Å². The molecule has 2 heterocycles. The lowest BCUT2D eigenvalue weighted by Gasteiger charge is -2.32. The third-order valence-electron chi connectivity index (χ3n) is 6.78. The zero-order valence-corrected chi connectivity index (χ0v) is 17.9. The number of carbonyl (C=O) groups excluding carboxylic acids is 1. The average molecular weight is 426 g/mol. The number of pyridine rings is 1. The molecule has 2 N–H and O–H groups in total. The number of likely N-dealkylation sites (tertiary alicyclic amines) is 1. The fourth-order valence-corrected chi connectivity index (χ4v) is 5.07. The zero-order chi connectivity index (χ0) is 21.8. The van der Waals surface area contributed by atoms with Gasteiger partial charge in [0, 0.05) is 30.9 Å². The van der Waals surface area contributed by atoms with E-state index in [2.05, 4.69) is 5.32 Å². The van der Waals surface area contributed by atoms with E-state index in [9.17, 15) is 19.5 Å². The molecule has 1 saturated carbocycles. The molecule has 2 fully saturated rings. The fourth-order valence-electron chi connectivity index (χ4n) is 5.07. The summed E-state index contributed by atoms with van der Waals surface area (Å²) in [6.07, 6.45) is 7.69. The Morgan fingerprint density at radius 1 is 1.00 bits per heavy atom. The van der Waals surface area contributed by atoms with Gasteiger partial charge in [0.25, 0.3) is 5.56 Å². The maximum Gasteiger partial charge on any atom is 0.407 e. The predicted molar refractivity (Wildman–Crippen MR) is 121 cm³/mol. The Morgan fingerprint density at radius 2 is 1.68 bits per heavy atom. The largest absolute Gasteiger partial charge is 0.465 e. The number of carbonyl (C=O) groups is 2. The van der Waals surface area contributed by atoms with Gasteiger partial charge in [-0.1, -0.05) is 43.9 Å². The molecule has 0 spiro atoms. The summed E-state index contributed by atoms with van der Waals surface area (Å²) in [4.78, 5) is 38.9. The number of rotatable bonds is 4. The van der Waals surface area contributed by atoms with Crippen LogP contribution >= 0.6 is 0 Å². The quantitative estimate of drug-likeness (QED) is 0.700. The van der Waals surface area contributed by atoms with Crippen LogP contribution in [0, 0.1) is 5.92 Å². The van der Waals surface area contributed by atoms with Gasteiger partial charge in [-0.3, -0.25) is 14.2 Å². The summed E-state index contributed by atoms with van der Waals surface area (Å²) in [5.41, 5.74) is -0.128. The fraction of sp³-hybridized carbons (Fsp3) is 0.542. The summed E-state index contributed by atoms with van der Waals surface area (Å²) in [7, 11) is 0. The van der Waals surface area contributed by atoms with E-state index < -0.39 is 6.09 Å². The number of amides is 2. The number of nitrogens with zero attached hydrogens (tertiary/aromatic N) is 2. The van der Waals surface area contributed by atoms with E-state index in [0.717, 1.165) is 18.2 Å². The number of aromatic nitrogens is 1. The molecule has 166 valence electrons. The number of hydrogen-bond donors (Lipinski definition) is 2. The van der Waals surface area contributed by atoms with Gasteiger partial charge in [0.15, 0.2) is 0 Å². The molecule has 2 aromatic rings. The molecule has 2 amide bonds. The van der Waals surface area contributed by atoms with Crippen molar-refractivity contribution in [2.24, 2.45) is 5.92 Å². The first kappa shape index (κ1) is 21.4. The summed E-state index contributed by atoms with van der Waals surface area (Å²) < 4.78 is 1.69. The Kier molecular flexibility index (Phi) is 6.59. The van der Waals surface area contributed by atoms with E-state index in [4.69, 9.17) is 0 Å². The number of anilines is 1. The van der Waals surface area contributed by atoms with Gasteiger partial charge in [-0.15, -0.1) is 0 Å². The number of piperidine rings is 1. The number of carboxylic acid groups (broad SMARTS) is 1. The molecule has 1 saturated heterocycles. The van der Waals surface area contributed by atoms with Crippen LogP contribution in [0.3, 0.4) is 0 Å². The SMILES string of the molecule is O=C(CC1CCCCCC1)Nc1cc2ccccc2c(=O)n1C1CCN(C(=O)O)CC1. The number of hydrogen-bond acceptors (Lipinski definition) is 3. The first-order chi connectivity index (χ1) is 15.0. The highest BCUT2D eigenvalue weighted by Gasteiger charge is 2.27. The molecule has 1 aromatic carbocycles. The molecular formula is C24H31N3O4. The molecular weight excluding hydrogens is 394 g/mol. The third kappa shape index (κ3) is 4.92. The molecule has 4 rings (SSSR count). The molecule has 31 heavy (non-hydrogen) atoms. The molecule has 0 atom stereocenters. The van der Waals surface area contributed by atoms with Gasteiger partial charge in [0.1, 0.15) is 5.82 Å². The van der Waals surface area contributed by atoms with E-state index in [-0.39, 0.29) is 17.5 Å². The predicted octanol–water partition coefficient (Wildman–Crippen LogP) is 4.62. The Hall–Kier alpha value is -2.83. The van der Waals surface area contributed by atoms with E-state index in [1.165, 1.54) is 30.6 Å². The van der Waals surface area contributed by atoms with Gasteiger partial charge >= 0.3 is 6.09 Å². The van der Waals surface area contributed by atoms with Crippen molar-refractivity contribution in [3.05, 3.63) is 40.7 Å². The first-order valence-corrected chi connectivity index (χ1v) is 11.4. The summed E-state index contributed by atoms with van der Waals surface area (Å²) in [5, 5.41) is 13.7. The highest BCUT2D eigenvalue weighted by molar-refractivity contribution is 5.93. The van der Waals surface area contributed by atoms with Gasteiger partial charge < -0.3 is 15.3 Å². The molecule has 7 heteroatoms. The normalized spacial score (nSPS) is 18.6. The van der Waals surface area contributed by atoms with Crippen LogP contribution in [0.15, 0.2) is 35.1 Å². The van der Waals surface area contributed by atoms with Crippen molar-refractivity contribution < 1.29 is 14.7 Å². The Balaban J connectivity index is 1.60. The standard InChI is InChI=1S/C24H31N3O4/c28-22(15-17-7-3-1-2-4-8-17)25-21-16-18-9-5-6-10-20(18)23(29)27(21)19-11-13-26(14-12-19)24(30)31/h5-6,9-10,16-17,19H,1-4,7-8,11-15H2,(H,25,28)(H,30,31).